The molecule has 0 heterocycles. The van der Waals surface area contributed by atoms with Crippen molar-refractivity contribution in [1.29, 1.82) is 0 Å². The second-order valence-electron chi connectivity index (χ2n) is 10.3. The summed E-state index contributed by atoms with van der Waals surface area (Å²) in [5.41, 5.74) is 2.47. The zero-order valence-electron chi connectivity index (χ0n) is 21.3. The van der Waals surface area contributed by atoms with Gasteiger partial charge in [0.25, 0.3) is 0 Å². The first-order valence-electron chi connectivity index (χ1n) is 12.8. The highest BCUT2D eigenvalue weighted by atomic mass is 16.6. The number of hydrogen-bond acceptors (Lipinski definition) is 4. The predicted octanol–water partition coefficient (Wildman–Crippen LogP) is 7.43. The monoisotopic (exact) mass is 472 g/mol. The number of carbonyl (C=O) groups is 2. The lowest BCUT2D eigenvalue weighted by Gasteiger charge is -2.32. The highest BCUT2D eigenvalue weighted by Crippen LogP contribution is 2.37. The molecule has 0 aliphatic heterocycles. The molecule has 1 fully saturated rings. The number of fused-ring (bicyclic) bond motifs is 1. The van der Waals surface area contributed by atoms with E-state index in [0.29, 0.717) is 25.7 Å². The normalized spacial score (nSPS) is 19.2. The molecule has 1 saturated carbocycles. The summed E-state index contributed by atoms with van der Waals surface area (Å²) < 4.78 is 11.8. The van der Waals surface area contributed by atoms with Gasteiger partial charge >= 0.3 is 11.9 Å². The van der Waals surface area contributed by atoms with Crippen molar-refractivity contribution in [3.8, 4) is 11.1 Å². The van der Waals surface area contributed by atoms with E-state index in [1.807, 2.05) is 52.0 Å². The van der Waals surface area contributed by atoms with Crippen molar-refractivity contribution in [2.45, 2.75) is 71.5 Å². The van der Waals surface area contributed by atoms with Gasteiger partial charge < -0.3 is 9.47 Å². The fourth-order valence-electron chi connectivity index (χ4n) is 4.77. The summed E-state index contributed by atoms with van der Waals surface area (Å²) in [4.78, 5) is 25.3. The molecule has 0 amide bonds. The van der Waals surface area contributed by atoms with Crippen LogP contribution in [0.2, 0.25) is 0 Å². The number of carbonyl (C=O) groups excluding carboxylic acids is 2. The van der Waals surface area contributed by atoms with E-state index < -0.39 is 5.60 Å². The highest BCUT2D eigenvalue weighted by Gasteiger charge is 2.34. The van der Waals surface area contributed by atoms with Gasteiger partial charge in [-0.3, -0.25) is 9.59 Å². The maximum absolute atomic E-state index is 13.2. The number of esters is 2. The van der Waals surface area contributed by atoms with E-state index >= 15 is 0 Å². The smallest absolute Gasteiger partial charge is 0.309 e. The molecule has 184 valence electrons. The lowest BCUT2D eigenvalue weighted by atomic mass is 9.86. The molecule has 0 radical (unpaired) electrons. The van der Waals surface area contributed by atoms with Gasteiger partial charge in [0.2, 0.25) is 0 Å². The molecule has 0 saturated heterocycles. The molecular weight excluding hydrogens is 436 g/mol. The number of rotatable bonds is 7. The van der Waals surface area contributed by atoms with Gasteiger partial charge in [0, 0.05) is 0 Å². The Morgan fingerprint density at radius 1 is 0.943 bits per heavy atom. The fraction of sp³-hybridized carbons (Fsp3) is 0.419. The van der Waals surface area contributed by atoms with Gasteiger partial charge in [-0.05, 0) is 85.5 Å². The predicted molar refractivity (Wildman–Crippen MR) is 140 cm³/mol. The van der Waals surface area contributed by atoms with Crippen molar-refractivity contribution >= 4 is 22.7 Å². The van der Waals surface area contributed by atoms with Crippen LogP contribution in [0.15, 0.2) is 66.7 Å². The number of hydrogen-bond donors (Lipinski definition) is 0. The minimum atomic E-state index is -0.773. The van der Waals surface area contributed by atoms with Crippen molar-refractivity contribution in [3.63, 3.8) is 0 Å². The van der Waals surface area contributed by atoms with Gasteiger partial charge in [0.1, 0.15) is 11.7 Å². The van der Waals surface area contributed by atoms with Crippen LogP contribution in [0, 0.1) is 11.8 Å². The Hall–Kier alpha value is -3.14. The first kappa shape index (κ1) is 25.0. The Balaban J connectivity index is 1.48. The average Bonchev–Trinajstić information content (AvgIpc) is 2.88. The Kier molecular flexibility index (Phi) is 7.59. The summed E-state index contributed by atoms with van der Waals surface area (Å²) in [5.74, 6) is -0.551. The van der Waals surface area contributed by atoms with Crippen molar-refractivity contribution < 1.29 is 19.1 Å². The third-order valence-electron chi connectivity index (χ3n) is 7.30. The average molecular weight is 473 g/mol. The van der Waals surface area contributed by atoms with E-state index in [0.717, 1.165) is 28.5 Å². The molecule has 4 rings (SSSR count). The van der Waals surface area contributed by atoms with E-state index in [1.165, 1.54) is 5.39 Å². The van der Waals surface area contributed by atoms with Crippen LogP contribution in [0.5, 0.6) is 0 Å². The van der Waals surface area contributed by atoms with Gasteiger partial charge in [0.15, 0.2) is 0 Å². The van der Waals surface area contributed by atoms with E-state index in [-0.39, 0.29) is 29.9 Å². The number of benzene rings is 3. The van der Waals surface area contributed by atoms with Crippen molar-refractivity contribution in [2.75, 3.05) is 0 Å². The van der Waals surface area contributed by atoms with E-state index in [2.05, 4.69) is 42.5 Å². The van der Waals surface area contributed by atoms with Crippen LogP contribution in [0.25, 0.3) is 21.9 Å². The third kappa shape index (κ3) is 5.75. The molecule has 0 bridgehead atoms. The molecule has 0 N–H and O–H groups in total. The molecule has 1 atom stereocenters. The third-order valence-corrected chi connectivity index (χ3v) is 7.30. The Labute approximate surface area is 208 Å². The second kappa shape index (κ2) is 10.6. The quantitative estimate of drug-likeness (QED) is 0.335. The van der Waals surface area contributed by atoms with E-state index in [1.54, 1.807) is 0 Å². The first-order chi connectivity index (χ1) is 16.8. The highest BCUT2D eigenvalue weighted by molar-refractivity contribution is 5.97. The summed E-state index contributed by atoms with van der Waals surface area (Å²) in [6.45, 7) is 7.80. The van der Waals surface area contributed by atoms with Gasteiger partial charge in [-0.25, -0.2) is 0 Å². The van der Waals surface area contributed by atoms with Crippen LogP contribution < -0.4 is 0 Å². The summed E-state index contributed by atoms with van der Waals surface area (Å²) in [5, 5.41) is 2.30. The lowest BCUT2D eigenvalue weighted by Crippen LogP contribution is -2.34. The first-order valence-corrected chi connectivity index (χ1v) is 12.8. The molecule has 0 aromatic heterocycles. The summed E-state index contributed by atoms with van der Waals surface area (Å²) in [7, 11) is 0. The molecule has 1 aliphatic rings. The Morgan fingerprint density at radius 2 is 1.60 bits per heavy atom. The van der Waals surface area contributed by atoms with Crippen LogP contribution in [0.1, 0.15) is 65.4 Å². The minimum Gasteiger partial charge on any atom is -0.462 e. The molecule has 4 heteroatoms. The maximum atomic E-state index is 13.2. The lowest BCUT2D eigenvalue weighted by molar-refractivity contribution is -0.166. The summed E-state index contributed by atoms with van der Waals surface area (Å²) >= 11 is 0. The maximum Gasteiger partial charge on any atom is 0.309 e. The molecule has 0 spiro atoms. The topological polar surface area (TPSA) is 52.6 Å². The van der Waals surface area contributed by atoms with Gasteiger partial charge in [-0.1, -0.05) is 68.4 Å². The molecule has 1 unspecified atom stereocenters. The number of ether oxygens (including phenoxy) is 2. The summed E-state index contributed by atoms with van der Waals surface area (Å²) in [6, 6.07) is 22.9. The van der Waals surface area contributed by atoms with Crippen molar-refractivity contribution in [2.24, 2.45) is 11.8 Å². The molecule has 3 aromatic rings. The molecule has 4 nitrogen and oxygen atoms in total. The molecule has 1 aliphatic carbocycles. The Bertz CT molecular complexity index is 1170. The van der Waals surface area contributed by atoms with E-state index in [9.17, 15) is 9.59 Å². The SMILES string of the molecule is CCC(C)C(=O)OC1CCC(C(=O)OC(C)(C)c2cc(-c3ccccc3)c3ccccc3c2)CC1. The van der Waals surface area contributed by atoms with Crippen molar-refractivity contribution in [3.05, 3.63) is 72.3 Å². The largest absolute Gasteiger partial charge is 0.462 e. The van der Waals surface area contributed by atoms with Gasteiger partial charge in [-0.2, -0.15) is 0 Å². The minimum absolute atomic E-state index is 0.0822. The standard InChI is InChI=1S/C31H36O4/c1-5-21(2)29(32)34-26-17-15-23(16-18-26)30(33)35-31(3,4)25-19-24-13-9-10-14-27(24)28(20-25)22-11-7-6-8-12-22/h6-14,19-21,23,26H,5,15-18H2,1-4H3. The molecule has 3 aromatic carbocycles. The van der Waals surface area contributed by atoms with Crippen LogP contribution in [-0.4, -0.2) is 18.0 Å². The van der Waals surface area contributed by atoms with Gasteiger partial charge in [0.05, 0.1) is 11.8 Å². The van der Waals surface area contributed by atoms with Crippen molar-refractivity contribution in [1.82, 2.24) is 0 Å². The molecule has 35 heavy (non-hydrogen) atoms. The zero-order chi connectivity index (χ0) is 25.0. The fourth-order valence-corrected chi connectivity index (χ4v) is 4.77. The van der Waals surface area contributed by atoms with E-state index in [4.69, 9.17) is 9.47 Å². The second-order valence-corrected chi connectivity index (χ2v) is 10.3. The zero-order valence-corrected chi connectivity index (χ0v) is 21.3. The van der Waals surface area contributed by atoms with Gasteiger partial charge in [-0.15, -0.1) is 0 Å². The molecular formula is C31H36O4. The van der Waals surface area contributed by atoms with Crippen LogP contribution in [0.3, 0.4) is 0 Å². The van der Waals surface area contributed by atoms with Crippen LogP contribution >= 0.6 is 0 Å². The summed E-state index contributed by atoms with van der Waals surface area (Å²) in [6.07, 6.45) is 3.45. The van der Waals surface area contributed by atoms with Crippen LogP contribution in [-0.2, 0) is 24.7 Å². The Morgan fingerprint density at radius 3 is 2.29 bits per heavy atom. The van der Waals surface area contributed by atoms with Crippen LogP contribution in [0.4, 0.5) is 0 Å².